The molecule has 6 heteroatoms. The van der Waals surface area contributed by atoms with Crippen molar-refractivity contribution in [2.75, 3.05) is 26.8 Å². The molecule has 0 aliphatic heterocycles. The number of hydrogen-bond acceptors (Lipinski definition) is 4. The summed E-state index contributed by atoms with van der Waals surface area (Å²) in [5.74, 6) is 1.39. The van der Waals surface area contributed by atoms with E-state index in [4.69, 9.17) is 9.47 Å². The van der Waals surface area contributed by atoms with Crippen LogP contribution in [-0.4, -0.2) is 49.6 Å². The van der Waals surface area contributed by atoms with Gasteiger partial charge < -0.3 is 19.7 Å². The van der Waals surface area contributed by atoms with Crippen molar-refractivity contribution in [3.63, 3.8) is 0 Å². The molecule has 0 radical (unpaired) electrons. The first-order valence-electron chi connectivity index (χ1n) is 7.74. The van der Waals surface area contributed by atoms with Crippen molar-refractivity contribution < 1.29 is 19.1 Å². The molecule has 2 amide bonds. The minimum absolute atomic E-state index is 0.0179. The third-order valence-corrected chi connectivity index (χ3v) is 3.36. The maximum Gasteiger partial charge on any atom is 0.221 e. The van der Waals surface area contributed by atoms with Crippen LogP contribution in [0.5, 0.6) is 11.5 Å². The number of methoxy groups -OCH3 is 1. The number of hydrogen-bond donors (Lipinski definition) is 1. The summed E-state index contributed by atoms with van der Waals surface area (Å²) in [5.41, 5.74) is 0. The number of ether oxygens (including phenoxy) is 2. The van der Waals surface area contributed by atoms with Gasteiger partial charge in [-0.25, -0.2) is 0 Å². The Morgan fingerprint density at radius 2 is 1.78 bits per heavy atom. The Morgan fingerprint density at radius 1 is 1.17 bits per heavy atom. The standard InChI is InChI=1S/C17H26N2O4/c1-13(2)19(14(3)20)11-9-17(21)18-10-12-23-16-7-5-15(22-4)6-8-16/h5-8,13H,9-12H2,1-4H3,(H,18,21). The van der Waals surface area contributed by atoms with Crippen molar-refractivity contribution >= 4 is 11.8 Å². The summed E-state index contributed by atoms with van der Waals surface area (Å²) >= 11 is 0. The molecule has 0 aliphatic rings. The monoisotopic (exact) mass is 322 g/mol. The second-order valence-electron chi connectivity index (χ2n) is 5.43. The minimum atomic E-state index is -0.0877. The van der Waals surface area contributed by atoms with Gasteiger partial charge in [0.25, 0.3) is 0 Å². The number of amides is 2. The highest BCUT2D eigenvalue weighted by Gasteiger charge is 2.13. The molecule has 1 rings (SSSR count). The highest BCUT2D eigenvalue weighted by Crippen LogP contribution is 2.16. The van der Waals surface area contributed by atoms with Gasteiger partial charge in [-0.15, -0.1) is 0 Å². The molecule has 23 heavy (non-hydrogen) atoms. The molecule has 0 saturated carbocycles. The highest BCUT2D eigenvalue weighted by atomic mass is 16.5. The van der Waals surface area contributed by atoms with Crippen molar-refractivity contribution in [3.8, 4) is 11.5 Å². The molecule has 0 bridgehead atoms. The molecule has 1 aromatic rings. The van der Waals surface area contributed by atoms with E-state index in [-0.39, 0.29) is 17.9 Å². The highest BCUT2D eigenvalue weighted by molar-refractivity contribution is 5.78. The van der Waals surface area contributed by atoms with Gasteiger partial charge in [0.05, 0.1) is 13.7 Å². The Kier molecular flexibility index (Phi) is 7.94. The third kappa shape index (κ3) is 7.04. The molecule has 0 spiro atoms. The second-order valence-corrected chi connectivity index (χ2v) is 5.43. The van der Waals surface area contributed by atoms with Crippen LogP contribution >= 0.6 is 0 Å². The first-order valence-corrected chi connectivity index (χ1v) is 7.74. The van der Waals surface area contributed by atoms with Gasteiger partial charge in [-0.05, 0) is 38.1 Å². The van der Waals surface area contributed by atoms with E-state index in [1.54, 1.807) is 12.0 Å². The number of nitrogens with zero attached hydrogens (tertiary/aromatic N) is 1. The molecule has 128 valence electrons. The number of benzene rings is 1. The van der Waals surface area contributed by atoms with Crippen LogP contribution < -0.4 is 14.8 Å². The van der Waals surface area contributed by atoms with E-state index in [2.05, 4.69) is 5.32 Å². The van der Waals surface area contributed by atoms with Crippen LogP contribution in [0.1, 0.15) is 27.2 Å². The summed E-state index contributed by atoms with van der Waals surface area (Å²) in [7, 11) is 1.61. The average molecular weight is 322 g/mol. The Hall–Kier alpha value is -2.24. The van der Waals surface area contributed by atoms with E-state index in [9.17, 15) is 9.59 Å². The summed E-state index contributed by atoms with van der Waals surface area (Å²) in [6.45, 7) is 6.62. The van der Waals surface area contributed by atoms with Crippen LogP contribution in [0.3, 0.4) is 0 Å². The van der Waals surface area contributed by atoms with Crippen LogP contribution in [-0.2, 0) is 9.59 Å². The first-order chi connectivity index (χ1) is 10.9. The predicted molar refractivity (Wildman–Crippen MR) is 88.6 cm³/mol. The zero-order valence-corrected chi connectivity index (χ0v) is 14.3. The van der Waals surface area contributed by atoms with Crippen LogP contribution in [0.4, 0.5) is 0 Å². The lowest BCUT2D eigenvalue weighted by atomic mass is 10.2. The van der Waals surface area contributed by atoms with E-state index in [1.165, 1.54) is 6.92 Å². The molecular weight excluding hydrogens is 296 g/mol. The van der Waals surface area contributed by atoms with Crippen LogP contribution in [0.25, 0.3) is 0 Å². The zero-order valence-electron chi connectivity index (χ0n) is 14.3. The lowest BCUT2D eigenvalue weighted by Gasteiger charge is -2.24. The molecule has 0 heterocycles. The van der Waals surface area contributed by atoms with Gasteiger partial charge in [-0.1, -0.05) is 0 Å². The molecule has 1 N–H and O–H groups in total. The summed E-state index contributed by atoms with van der Waals surface area (Å²) in [6.07, 6.45) is 0.292. The predicted octanol–water partition coefficient (Wildman–Crippen LogP) is 1.84. The van der Waals surface area contributed by atoms with E-state index >= 15 is 0 Å². The number of nitrogens with one attached hydrogen (secondary N) is 1. The van der Waals surface area contributed by atoms with Gasteiger partial charge in [0.15, 0.2) is 0 Å². The maximum atomic E-state index is 11.8. The summed E-state index contributed by atoms with van der Waals surface area (Å²) in [5, 5.41) is 2.78. The average Bonchev–Trinajstić information content (AvgIpc) is 2.51. The van der Waals surface area contributed by atoms with E-state index < -0.39 is 0 Å². The molecule has 6 nitrogen and oxygen atoms in total. The molecule has 0 saturated heterocycles. The third-order valence-electron chi connectivity index (χ3n) is 3.36. The molecule has 1 aromatic carbocycles. The Morgan fingerprint density at radius 3 is 2.30 bits per heavy atom. The smallest absolute Gasteiger partial charge is 0.221 e. The van der Waals surface area contributed by atoms with Crippen molar-refractivity contribution in [1.82, 2.24) is 10.2 Å². The molecule has 0 unspecified atom stereocenters. The van der Waals surface area contributed by atoms with Crippen molar-refractivity contribution in [1.29, 1.82) is 0 Å². The molecular formula is C17H26N2O4. The topological polar surface area (TPSA) is 67.9 Å². The van der Waals surface area contributed by atoms with Gasteiger partial charge in [0, 0.05) is 25.9 Å². The summed E-state index contributed by atoms with van der Waals surface area (Å²) in [6, 6.07) is 7.35. The fourth-order valence-electron chi connectivity index (χ4n) is 2.12. The first kappa shape index (κ1) is 18.8. The summed E-state index contributed by atoms with van der Waals surface area (Å²) < 4.78 is 10.6. The van der Waals surface area contributed by atoms with Gasteiger partial charge in [0.1, 0.15) is 18.1 Å². The number of carbonyl (C=O) groups is 2. The van der Waals surface area contributed by atoms with Crippen molar-refractivity contribution in [2.24, 2.45) is 0 Å². The molecule has 0 atom stereocenters. The molecule has 0 fully saturated rings. The molecule has 0 aromatic heterocycles. The summed E-state index contributed by atoms with van der Waals surface area (Å²) in [4.78, 5) is 24.9. The Labute approximate surface area is 137 Å². The van der Waals surface area contributed by atoms with Crippen LogP contribution in [0.2, 0.25) is 0 Å². The van der Waals surface area contributed by atoms with Crippen LogP contribution in [0, 0.1) is 0 Å². The molecule has 0 aliphatic carbocycles. The lowest BCUT2D eigenvalue weighted by Crippen LogP contribution is -2.38. The SMILES string of the molecule is COc1ccc(OCCNC(=O)CCN(C(C)=O)C(C)C)cc1. The fraction of sp³-hybridized carbons (Fsp3) is 0.529. The zero-order chi connectivity index (χ0) is 17.2. The number of rotatable bonds is 9. The van der Waals surface area contributed by atoms with Crippen molar-refractivity contribution in [2.45, 2.75) is 33.2 Å². The van der Waals surface area contributed by atoms with E-state index in [0.29, 0.717) is 26.1 Å². The normalized spacial score (nSPS) is 10.3. The Balaban J connectivity index is 2.22. The Bertz CT molecular complexity index is 500. The van der Waals surface area contributed by atoms with Crippen molar-refractivity contribution in [3.05, 3.63) is 24.3 Å². The second kappa shape index (κ2) is 9.71. The largest absolute Gasteiger partial charge is 0.497 e. The van der Waals surface area contributed by atoms with Gasteiger partial charge in [-0.2, -0.15) is 0 Å². The fourth-order valence-corrected chi connectivity index (χ4v) is 2.12. The van der Waals surface area contributed by atoms with Crippen LogP contribution in [0.15, 0.2) is 24.3 Å². The minimum Gasteiger partial charge on any atom is -0.497 e. The lowest BCUT2D eigenvalue weighted by molar-refractivity contribution is -0.131. The van der Waals surface area contributed by atoms with Gasteiger partial charge in [0.2, 0.25) is 11.8 Å². The van der Waals surface area contributed by atoms with Gasteiger partial charge >= 0.3 is 0 Å². The van der Waals surface area contributed by atoms with E-state index in [0.717, 1.165) is 11.5 Å². The van der Waals surface area contributed by atoms with Gasteiger partial charge in [-0.3, -0.25) is 9.59 Å². The van der Waals surface area contributed by atoms with E-state index in [1.807, 2.05) is 38.1 Å². The quantitative estimate of drug-likeness (QED) is 0.704. The number of carbonyl (C=O) groups excluding carboxylic acids is 2. The maximum absolute atomic E-state index is 11.8.